The second kappa shape index (κ2) is 4.91. The number of alkyl halides is 2. The zero-order chi connectivity index (χ0) is 10.6. The minimum Gasteiger partial charge on any atom is -0.488 e. The number of benzene rings is 1. The van der Waals surface area contributed by atoms with Gasteiger partial charge in [-0.2, -0.15) is 0 Å². The first kappa shape index (κ1) is 10.9. The van der Waals surface area contributed by atoms with Gasteiger partial charge in [-0.05, 0) is 24.6 Å². The fourth-order valence-electron chi connectivity index (χ4n) is 1.03. The second-order valence-corrected chi connectivity index (χ2v) is 3.06. The van der Waals surface area contributed by atoms with Crippen LogP contribution in [0.3, 0.4) is 0 Å². The van der Waals surface area contributed by atoms with Crippen LogP contribution in [-0.4, -0.2) is 13.0 Å². The van der Waals surface area contributed by atoms with E-state index in [2.05, 4.69) is 0 Å². The van der Waals surface area contributed by atoms with Crippen LogP contribution in [0.15, 0.2) is 24.3 Å². The van der Waals surface area contributed by atoms with E-state index in [0.29, 0.717) is 5.75 Å². The Balaban J connectivity index is 2.55. The van der Waals surface area contributed by atoms with Gasteiger partial charge in [-0.25, -0.2) is 8.78 Å². The highest BCUT2D eigenvalue weighted by Gasteiger charge is 2.04. The Morgan fingerprint density at radius 1 is 1.29 bits per heavy atom. The zero-order valence-corrected chi connectivity index (χ0v) is 7.91. The molecule has 0 aliphatic carbocycles. The number of nitrogens with two attached hydrogens (primary N) is 1. The molecule has 0 aliphatic heterocycles. The zero-order valence-electron chi connectivity index (χ0n) is 7.91. The van der Waals surface area contributed by atoms with Crippen LogP contribution in [0.5, 0.6) is 5.75 Å². The molecular weight excluding hydrogens is 188 g/mol. The molecule has 1 aromatic rings. The predicted octanol–water partition coefficient (Wildman–Crippen LogP) is 2.35. The third-order valence-corrected chi connectivity index (χ3v) is 1.78. The Labute approximate surface area is 81.7 Å². The molecule has 14 heavy (non-hydrogen) atoms. The minimum absolute atomic E-state index is 0.0563. The number of rotatable bonds is 4. The molecule has 0 bridgehead atoms. The van der Waals surface area contributed by atoms with Crippen LogP contribution in [0.25, 0.3) is 0 Å². The molecule has 0 saturated carbocycles. The SMILES string of the molecule is CC(N)c1ccc(OCC(F)F)cc1. The average Bonchev–Trinajstić information content (AvgIpc) is 2.15. The molecule has 0 aromatic heterocycles. The van der Waals surface area contributed by atoms with E-state index in [9.17, 15) is 8.78 Å². The number of hydrogen-bond donors (Lipinski definition) is 1. The third kappa shape index (κ3) is 3.30. The van der Waals surface area contributed by atoms with E-state index in [-0.39, 0.29) is 6.04 Å². The molecule has 0 fully saturated rings. The lowest BCUT2D eigenvalue weighted by atomic mass is 10.1. The van der Waals surface area contributed by atoms with Crippen molar-refractivity contribution in [3.63, 3.8) is 0 Å². The molecule has 0 amide bonds. The van der Waals surface area contributed by atoms with Gasteiger partial charge in [-0.1, -0.05) is 12.1 Å². The standard InChI is InChI=1S/C10H13F2NO/c1-7(13)8-2-4-9(5-3-8)14-6-10(11)12/h2-5,7,10H,6,13H2,1H3. The molecule has 0 aliphatic rings. The Hall–Kier alpha value is -1.16. The summed E-state index contributed by atoms with van der Waals surface area (Å²) in [5, 5.41) is 0. The molecule has 1 atom stereocenters. The van der Waals surface area contributed by atoms with Crippen molar-refractivity contribution in [3.8, 4) is 5.75 Å². The van der Waals surface area contributed by atoms with E-state index in [4.69, 9.17) is 10.5 Å². The molecule has 78 valence electrons. The Morgan fingerprint density at radius 2 is 1.86 bits per heavy atom. The fourth-order valence-corrected chi connectivity index (χ4v) is 1.03. The first-order valence-corrected chi connectivity index (χ1v) is 4.36. The monoisotopic (exact) mass is 201 g/mol. The van der Waals surface area contributed by atoms with Crippen molar-refractivity contribution in [2.75, 3.05) is 6.61 Å². The van der Waals surface area contributed by atoms with Crippen LogP contribution < -0.4 is 10.5 Å². The highest BCUT2D eigenvalue weighted by Crippen LogP contribution is 2.16. The van der Waals surface area contributed by atoms with Crippen LogP contribution in [-0.2, 0) is 0 Å². The predicted molar refractivity (Wildman–Crippen MR) is 50.5 cm³/mol. The van der Waals surface area contributed by atoms with Crippen molar-refractivity contribution in [1.29, 1.82) is 0 Å². The molecule has 0 heterocycles. The molecule has 1 unspecified atom stereocenters. The molecule has 4 heteroatoms. The van der Waals surface area contributed by atoms with E-state index in [0.717, 1.165) is 5.56 Å². The lowest BCUT2D eigenvalue weighted by Gasteiger charge is -2.08. The highest BCUT2D eigenvalue weighted by molar-refractivity contribution is 5.28. The van der Waals surface area contributed by atoms with E-state index in [1.54, 1.807) is 24.3 Å². The van der Waals surface area contributed by atoms with E-state index < -0.39 is 13.0 Å². The van der Waals surface area contributed by atoms with Crippen molar-refractivity contribution in [2.24, 2.45) is 5.73 Å². The van der Waals surface area contributed by atoms with Crippen LogP contribution in [0.1, 0.15) is 18.5 Å². The largest absolute Gasteiger partial charge is 0.488 e. The van der Waals surface area contributed by atoms with Crippen molar-refractivity contribution in [2.45, 2.75) is 19.4 Å². The van der Waals surface area contributed by atoms with Crippen molar-refractivity contribution in [1.82, 2.24) is 0 Å². The van der Waals surface area contributed by atoms with Gasteiger partial charge in [0.25, 0.3) is 6.43 Å². The summed E-state index contributed by atoms with van der Waals surface area (Å²) in [5.41, 5.74) is 6.58. The molecule has 1 aromatic carbocycles. The molecule has 2 nitrogen and oxygen atoms in total. The molecule has 0 saturated heterocycles. The van der Waals surface area contributed by atoms with Gasteiger partial charge in [0.05, 0.1) is 0 Å². The summed E-state index contributed by atoms with van der Waals surface area (Å²) in [6, 6.07) is 6.76. The van der Waals surface area contributed by atoms with Crippen LogP contribution >= 0.6 is 0 Å². The van der Waals surface area contributed by atoms with E-state index >= 15 is 0 Å². The lowest BCUT2D eigenvalue weighted by molar-refractivity contribution is 0.0819. The summed E-state index contributed by atoms with van der Waals surface area (Å²) in [5.74, 6) is 0.440. The van der Waals surface area contributed by atoms with Gasteiger partial charge < -0.3 is 10.5 Å². The average molecular weight is 201 g/mol. The van der Waals surface area contributed by atoms with Gasteiger partial charge in [-0.15, -0.1) is 0 Å². The second-order valence-electron chi connectivity index (χ2n) is 3.06. The summed E-state index contributed by atoms with van der Waals surface area (Å²) in [6.07, 6.45) is -2.44. The highest BCUT2D eigenvalue weighted by atomic mass is 19.3. The first-order valence-electron chi connectivity index (χ1n) is 4.36. The van der Waals surface area contributed by atoms with Crippen LogP contribution in [0.2, 0.25) is 0 Å². The van der Waals surface area contributed by atoms with Crippen molar-refractivity contribution >= 4 is 0 Å². The molecule has 0 spiro atoms. The van der Waals surface area contributed by atoms with Gasteiger partial charge in [0.15, 0.2) is 0 Å². The van der Waals surface area contributed by atoms with Gasteiger partial charge in [0.1, 0.15) is 12.4 Å². The Kier molecular flexibility index (Phi) is 3.83. The van der Waals surface area contributed by atoms with Gasteiger partial charge in [-0.3, -0.25) is 0 Å². The maximum atomic E-state index is 11.8. The fraction of sp³-hybridized carbons (Fsp3) is 0.400. The summed E-state index contributed by atoms with van der Waals surface area (Å²) in [7, 11) is 0. The molecule has 1 rings (SSSR count). The Morgan fingerprint density at radius 3 is 2.29 bits per heavy atom. The maximum absolute atomic E-state index is 11.8. The summed E-state index contributed by atoms with van der Waals surface area (Å²) < 4.78 is 28.4. The summed E-state index contributed by atoms with van der Waals surface area (Å²) >= 11 is 0. The van der Waals surface area contributed by atoms with Gasteiger partial charge in [0.2, 0.25) is 0 Å². The Bertz CT molecular complexity index is 272. The number of hydrogen-bond acceptors (Lipinski definition) is 2. The maximum Gasteiger partial charge on any atom is 0.272 e. The normalized spacial score (nSPS) is 12.9. The summed E-state index contributed by atoms with van der Waals surface area (Å²) in [4.78, 5) is 0. The minimum atomic E-state index is -2.44. The first-order chi connectivity index (χ1) is 6.59. The lowest BCUT2D eigenvalue weighted by Crippen LogP contribution is -2.07. The van der Waals surface area contributed by atoms with E-state index in [1.165, 1.54) is 0 Å². The third-order valence-electron chi connectivity index (χ3n) is 1.78. The van der Waals surface area contributed by atoms with Gasteiger partial charge in [0, 0.05) is 6.04 Å². The topological polar surface area (TPSA) is 35.2 Å². The molecular formula is C10H13F2NO. The van der Waals surface area contributed by atoms with Crippen molar-refractivity contribution < 1.29 is 13.5 Å². The molecule has 2 N–H and O–H groups in total. The van der Waals surface area contributed by atoms with E-state index in [1.807, 2.05) is 6.92 Å². The van der Waals surface area contributed by atoms with Gasteiger partial charge >= 0.3 is 0 Å². The van der Waals surface area contributed by atoms with Crippen LogP contribution in [0, 0.1) is 0 Å². The molecule has 0 radical (unpaired) electrons. The smallest absolute Gasteiger partial charge is 0.272 e. The van der Waals surface area contributed by atoms with Crippen molar-refractivity contribution in [3.05, 3.63) is 29.8 Å². The summed E-state index contributed by atoms with van der Waals surface area (Å²) in [6.45, 7) is 1.28. The number of halogens is 2. The quantitative estimate of drug-likeness (QED) is 0.811. The van der Waals surface area contributed by atoms with Crippen LogP contribution in [0.4, 0.5) is 8.78 Å². The number of ether oxygens (including phenoxy) is 1.